The molecular weight excluding hydrogens is 332 g/mol. The highest BCUT2D eigenvalue weighted by Crippen LogP contribution is 2.36. The Hall–Kier alpha value is -2.78. The minimum atomic E-state index is -0.0441. The van der Waals surface area contributed by atoms with Gasteiger partial charge in [-0.25, -0.2) is 0 Å². The van der Waals surface area contributed by atoms with Gasteiger partial charge in [-0.05, 0) is 35.9 Å². The van der Waals surface area contributed by atoms with Gasteiger partial charge in [0, 0.05) is 10.6 Å². The van der Waals surface area contributed by atoms with Crippen molar-refractivity contribution in [1.29, 1.82) is 0 Å². The number of rotatable bonds is 2. The van der Waals surface area contributed by atoms with Gasteiger partial charge < -0.3 is 10.2 Å². The number of anilines is 2. The van der Waals surface area contributed by atoms with E-state index < -0.39 is 0 Å². The molecule has 1 unspecified atom stereocenters. The molecule has 124 valence electrons. The van der Waals surface area contributed by atoms with Crippen LogP contribution in [0.4, 0.5) is 11.4 Å². The molecular formula is C21H17ClN2O. The zero-order valence-electron chi connectivity index (χ0n) is 13.5. The van der Waals surface area contributed by atoms with Crippen LogP contribution in [0.15, 0.2) is 78.9 Å². The van der Waals surface area contributed by atoms with Crippen LogP contribution >= 0.6 is 11.6 Å². The number of carbonyl (C=O) groups excluding carboxylic acids is 1. The third-order valence-corrected chi connectivity index (χ3v) is 4.64. The van der Waals surface area contributed by atoms with E-state index in [1.807, 2.05) is 47.4 Å². The summed E-state index contributed by atoms with van der Waals surface area (Å²) in [5.41, 5.74) is 3.59. The Morgan fingerprint density at radius 1 is 0.960 bits per heavy atom. The van der Waals surface area contributed by atoms with Gasteiger partial charge in [0.15, 0.2) is 0 Å². The fraction of sp³-hybridized carbons (Fsp3) is 0.0952. The molecule has 0 aromatic heterocycles. The number of hydrogen-bond acceptors (Lipinski definition) is 2. The first-order valence-corrected chi connectivity index (χ1v) is 8.58. The molecule has 4 rings (SSSR count). The van der Waals surface area contributed by atoms with Crippen LogP contribution in [0.1, 0.15) is 22.0 Å². The third-order valence-electron chi connectivity index (χ3n) is 4.41. The van der Waals surface area contributed by atoms with Crippen molar-refractivity contribution in [2.24, 2.45) is 0 Å². The van der Waals surface area contributed by atoms with E-state index in [0.717, 1.165) is 16.9 Å². The number of benzene rings is 3. The Balaban J connectivity index is 1.74. The summed E-state index contributed by atoms with van der Waals surface area (Å²) in [7, 11) is 0. The first-order chi connectivity index (χ1) is 12.2. The largest absolute Gasteiger partial charge is 0.375 e. The number of nitrogens with one attached hydrogen (secondary N) is 1. The molecule has 0 bridgehead atoms. The maximum atomic E-state index is 13.1. The van der Waals surface area contributed by atoms with Gasteiger partial charge in [-0.2, -0.15) is 0 Å². The highest BCUT2D eigenvalue weighted by Gasteiger charge is 2.29. The number of para-hydroxylation sites is 2. The maximum Gasteiger partial charge on any atom is 0.258 e. The predicted octanol–water partition coefficient (Wildman–Crippen LogP) is 5.15. The predicted molar refractivity (Wildman–Crippen MR) is 102 cm³/mol. The first-order valence-electron chi connectivity index (χ1n) is 8.20. The van der Waals surface area contributed by atoms with E-state index in [4.69, 9.17) is 11.6 Å². The highest BCUT2D eigenvalue weighted by molar-refractivity contribution is 6.31. The molecule has 1 aliphatic rings. The van der Waals surface area contributed by atoms with Crippen molar-refractivity contribution >= 4 is 28.9 Å². The molecule has 1 heterocycles. The van der Waals surface area contributed by atoms with Gasteiger partial charge >= 0.3 is 0 Å². The van der Waals surface area contributed by atoms with E-state index in [-0.39, 0.29) is 11.9 Å². The summed E-state index contributed by atoms with van der Waals surface area (Å²) < 4.78 is 0. The SMILES string of the molecule is O=C(c1cccc(Cl)c1)N1CC(c2ccccc2)Nc2ccccc21. The number of amides is 1. The Morgan fingerprint density at radius 2 is 1.72 bits per heavy atom. The quantitative estimate of drug-likeness (QED) is 0.694. The summed E-state index contributed by atoms with van der Waals surface area (Å²) in [5, 5.41) is 4.10. The first kappa shape index (κ1) is 15.7. The summed E-state index contributed by atoms with van der Waals surface area (Å²) >= 11 is 6.07. The maximum absolute atomic E-state index is 13.1. The molecule has 1 N–H and O–H groups in total. The lowest BCUT2D eigenvalue weighted by atomic mass is 10.0. The molecule has 0 fully saturated rings. The molecule has 0 saturated heterocycles. The Bertz CT molecular complexity index is 911. The number of fused-ring (bicyclic) bond motifs is 1. The lowest BCUT2D eigenvalue weighted by Gasteiger charge is -2.36. The second-order valence-electron chi connectivity index (χ2n) is 6.05. The van der Waals surface area contributed by atoms with Crippen molar-refractivity contribution in [3.8, 4) is 0 Å². The van der Waals surface area contributed by atoms with Gasteiger partial charge in [0.1, 0.15) is 0 Å². The summed E-state index contributed by atoms with van der Waals surface area (Å²) in [5.74, 6) is -0.0441. The average Bonchev–Trinajstić information content (AvgIpc) is 2.67. The van der Waals surface area contributed by atoms with Crippen molar-refractivity contribution in [1.82, 2.24) is 0 Å². The van der Waals surface area contributed by atoms with Crippen LogP contribution < -0.4 is 10.2 Å². The van der Waals surface area contributed by atoms with Gasteiger partial charge in [-0.3, -0.25) is 4.79 Å². The normalized spacial score (nSPS) is 16.0. The van der Waals surface area contributed by atoms with E-state index in [1.165, 1.54) is 0 Å². The minimum absolute atomic E-state index is 0.0410. The summed E-state index contributed by atoms with van der Waals surface area (Å²) in [6, 6.07) is 25.2. The fourth-order valence-electron chi connectivity index (χ4n) is 3.19. The summed E-state index contributed by atoms with van der Waals surface area (Å²) in [6.45, 7) is 0.562. The van der Waals surface area contributed by atoms with Crippen molar-refractivity contribution < 1.29 is 4.79 Å². The lowest BCUT2D eigenvalue weighted by molar-refractivity contribution is 0.0985. The van der Waals surface area contributed by atoms with Gasteiger partial charge in [-0.15, -0.1) is 0 Å². The van der Waals surface area contributed by atoms with Crippen molar-refractivity contribution in [2.75, 3.05) is 16.8 Å². The van der Waals surface area contributed by atoms with E-state index >= 15 is 0 Å². The molecule has 3 aromatic rings. The summed E-state index contributed by atoms with van der Waals surface area (Å²) in [4.78, 5) is 15.0. The van der Waals surface area contributed by atoms with Crippen molar-refractivity contribution in [2.45, 2.75) is 6.04 Å². The number of hydrogen-bond donors (Lipinski definition) is 1. The van der Waals surface area contributed by atoms with Gasteiger partial charge in [0.05, 0.1) is 24.0 Å². The minimum Gasteiger partial charge on any atom is -0.375 e. The molecule has 3 aromatic carbocycles. The zero-order chi connectivity index (χ0) is 17.2. The molecule has 1 amide bonds. The fourth-order valence-corrected chi connectivity index (χ4v) is 3.38. The highest BCUT2D eigenvalue weighted by atomic mass is 35.5. The van der Waals surface area contributed by atoms with Crippen LogP contribution in [0.25, 0.3) is 0 Å². The molecule has 1 atom stereocenters. The van der Waals surface area contributed by atoms with E-state index in [0.29, 0.717) is 17.1 Å². The van der Waals surface area contributed by atoms with Crippen LogP contribution in [0, 0.1) is 0 Å². The smallest absolute Gasteiger partial charge is 0.258 e. The van der Waals surface area contributed by atoms with E-state index in [2.05, 4.69) is 17.4 Å². The van der Waals surface area contributed by atoms with E-state index in [9.17, 15) is 4.79 Å². The van der Waals surface area contributed by atoms with Crippen LogP contribution in [0.5, 0.6) is 0 Å². The molecule has 0 radical (unpaired) electrons. The zero-order valence-corrected chi connectivity index (χ0v) is 14.3. The number of halogens is 1. The monoisotopic (exact) mass is 348 g/mol. The summed E-state index contributed by atoms with van der Waals surface area (Å²) in [6.07, 6.45) is 0. The van der Waals surface area contributed by atoms with Crippen LogP contribution in [-0.4, -0.2) is 12.5 Å². The Labute approximate surface area is 151 Å². The standard InChI is InChI=1S/C21H17ClN2O/c22-17-10-6-9-16(13-17)21(25)24-14-19(15-7-2-1-3-8-15)23-18-11-4-5-12-20(18)24/h1-13,19,23H,14H2. The Kier molecular flexibility index (Phi) is 4.16. The van der Waals surface area contributed by atoms with Crippen molar-refractivity contribution in [3.05, 3.63) is 95.0 Å². The molecule has 1 aliphatic heterocycles. The van der Waals surface area contributed by atoms with E-state index in [1.54, 1.807) is 24.3 Å². The molecule has 0 spiro atoms. The van der Waals surface area contributed by atoms with Crippen molar-refractivity contribution in [3.63, 3.8) is 0 Å². The van der Waals surface area contributed by atoms with Gasteiger partial charge in [0.25, 0.3) is 5.91 Å². The lowest BCUT2D eigenvalue weighted by Crippen LogP contribution is -2.40. The molecule has 3 nitrogen and oxygen atoms in total. The number of carbonyl (C=O) groups is 1. The third kappa shape index (κ3) is 3.11. The molecule has 0 saturated carbocycles. The van der Waals surface area contributed by atoms with Crippen LogP contribution in [0.3, 0.4) is 0 Å². The molecule has 4 heteroatoms. The number of nitrogens with zero attached hydrogens (tertiary/aromatic N) is 1. The van der Waals surface area contributed by atoms with Crippen LogP contribution in [0.2, 0.25) is 5.02 Å². The van der Waals surface area contributed by atoms with Crippen LogP contribution in [-0.2, 0) is 0 Å². The topological polar surface area (TPSA) is 32.3 Å². The molecule has 25 heavy (non-hydrogen) atoms. The molecule has 0 aliphatic carbocycles. The second-order valence-corrected chi connectivity index (χ2v) is 6.49. The second kappa shape index (κ2) is 6.61. The Morgan fingerprint density at radius 3 is 2.52 bits per heavy atom. The van der Waals surface area contributed by atoms with Gasteiger partial charge in [-0.1, -0.05) is 60.1 Å². The van der Waals surface area contributed by atoms with Gasteiger partial charge in [0.2, 0.25) is 0 Å². The average molecular weight is 349 g/mol.